The summed E-state index contributed by atoms with van der Waals surface area (Å²) in [6, 6.07) is 14.9. The topological polar surface area (TPSA) is 96.3 Å². The number of hydrogen-bond donors (Lipinski definition) is 1. The van der Waals surface area contributed by atoms with E-state index in [2.05, 4.69) is 15.2 Å². The number of benzene rings is 2. The molecule has 1 atom stereocenters. The Kier molecular flexibility index (Phi) is 6.82. The maximum absolute atomic E-state index is 13.7. The molecule has 1 saturated heterocycles. The number of pyridine rings is 1. The third kappa shape index (κ3) is 4.75. The molecule has 36 heavy (non-hydrogen) atoms. The van der Waals surface area contributed by atoms with Gasteiger partial charge in [0.25, 0.3) is 5.78 Å². The fraction of sp³-hybridized carbons (Fsp3) is 0.0800. The normalized spacial score (nSPS) is 17.1. The Bertz CT molecular complexity index is 1460. The van der Waals surface area contributed by atoms with Crippen LogP contribution in [-0.2, 0) is 15.3 Å². The van der Waals surface area contributed by atoms with Crippen molar-refractivity contribution in [2.75, 3.05) is 4.90 Å². The molecule has 5 rings (SSSR count). The molecule has 1 fully saturated rings. The van der Waals surface area contributed by atoms with Gasteiger partial charge in [0.15, 0.2) is 4.34 Å². The lowest BCUT2D eigenvalue weighted by molar-refractivity contribution is -0.132. The molecule has 7 nitrogen and oxygen atoms in total. The van der Waals surface area contributed by atoms with Crippen molar-refractivity contribution in [3.8, 4) is 0 Å². The van der Waals surface area contributed by atoms with Crippen LogP contribution in [0.25, 0.3) is 5.76 Å². The predicted octanol–water partition coefficient (Wildman–Crippen LogP) is 5.64. The summed E-state index contributed by atoms with van der Waals surface area (Å²) >= 11 is 8.51. The summed E-state index contributed by atoms with van der Waals surface area (Å²) in [5.41, 5.74) is 1.68. The van der Waals surface area contributed by atoms with E-state index in [1.165, 1.54) is 65.5 Å². The highest BCUT2D eigenvalue weighted by Gasteiger charge is 2.48. The predicted molar refractivity (Wildman–Crippen MR) is 136 cm³/mol. The van der Waals surface area contributed by atoms with Gasteiger partial charge >= 0.3 is 5.91 Å². The highest BCUT2D eigenvalue weighted by Crippen LogP contribution is 2.44. The Morgan fingerprint density at radius 2 is 1.72 bits per heavy atom. The Labute approximate surface area is 218 Å². The summed E-state index contributed by atoms with van der Waals surface area (Å²) in [4.78, 5) is 31.5. The molecule has 1 N–H and O–H groups in total. The first kappa shape index (κ1) is 24.1. The molecular formula is C25H16ClFN4O3S2. The molecule has 0 spiro atoms. The van der Waals surface area contributed by atoms with E-state index < -0.39 is 23.5 Å². The van der Waals surface area contributed by atoms with Gasteiger partial charge in [0.05, 0.1) is 11.6 Å². The first-order chi connectivity index (χ1) is 17.4. The van der Waals surface area contributed by atoms with Crippen LogP contribution in [0.1, 0.15) is 22.7 Å². The third-order valence-electron chi connectivity index (χ3n) is 5.46. The van der Waals surface area contributed by atoms with Crippen LogP contribution in [0.3, 0.4) is 0 Å². The van der Waals surface area contributed by atoms with Crippen LogP contribution in [0.4, 0.5) is 9.52 Å². The number of thioether (sulfide) groups is 1. The van der Waals surface area contributed by atoms with E-state index in [9.17, 15) is 19.1 Å². The molecule has 180 valence electrons. The molecule has 0 radical (unpaired) electrons. The van der Waals surface area contributed by atoms with E-state index >= 15 is 0 Å². The summed E-state index contributed by atoms with van der Waals surface area (Å²) in [7, 11) is 0. The highest BCUT2D eigenvalue weighted by atomic mass is 35.5. The van der Waals surface area contributed by atoms with Gasteiger partial charge in [0, 0.05) is 28.7 Å². The summed E-state index contributed by atoms with van der Waals surface area (Å²) in [6.07, 6.45) is 2.93. The van der Waals surface area contributed by atoms with Gasteiger partial charge in [-0.1, -0.05) is 59.0 Å². The van der Waals surface area contributed by atoms with E-state index in [0.29, 0.717) is 26.2 Å². The molecule has 0 bridgehead atoms. The first-order valence-corrected chi connectivity index (χ1v) is 12.8. The number of aliphatic hydroxyl groups excluding tert-OH is 1. The van der Waals surface area contributed by atoms with Gasteiger partial charge < -0.3 is 5.11 Å². The lowest BCUT2D eigenvalue weighted by Crippen LogP contribution is -2.29. The van der Waals surface area contributed by atoms with Gasteiger partial charge in [-0.25, -0.2) is 4.39 Å². The number of nitrogens with zero attached hydrogens (tertiary/aromatic N) is 4. The third-order valence-corrected chi connectivity index (χ3v) is 7.84. The van der Waals surface area contributed by atoms with Crippen molar-refractivity contribution in [1.29, 1.82) is 0 Å². The second kappa shape index (κ2) is 10.2. The minimum absolute atomic E-state index is 0.122. The molecule has 0 aliphatic carbocycles. The van der Waals surface area contributed by atoms with Crippen molar-refractivity contribution in [3.63, 3.8) is 0 Å². The minimum atomic E-state index is -1.01. The number of carbonyl (C=O) groups is 2. The van der Waals surface area contributed by atoms with Crippen LogP contribution >= 0.6 is 34.7 Å². The molecule has 2 aromatic heterocycles. The molecule has 2 aromatic carbocycles. The number of Topliss-reactive ketones (excluding diaryl/α,β-unsaturated/α-hetero) is 1. The van der Waals surface area contributed by atoms with E-state index in [1.54, 1.807) is 12.1 Å². The number of halogens is 2. The molecule has 3 heterocycles. The summed E-state index contributed by atoms with van der Waals surface area (Å²) in [5, 5.41) is 20.2. The van der Waals surface area contributed by atoms with Crippen molar-refractivity contribution in [2.24, 2.45) is 0 Å². The maximum Gasteiger partial charge on any atom is 0.301 e. The molecule has 4 aromatic rings. The molecule has 1 aliphatic heterocycles. The molecule has 11 heteroatoms. The van der Waals surface area contributed by atoms with Crippen LogP contribution in [0.2, 0.25) is 5.02 Å². The lowest BCUT2D eigenvalue weighted by atomic mass is 9.95. The number of aliphatic hydroxyl groups is 1. The summed E-state index contributed by atoms with van der Waals surface area (Å²) < 4.78 is 14.3. The van der Waals surface area contributed by atoms with Crippen LogP contribution in [-0.4, -0.2) is 32.0 Å². The van der Waals surface area contributed by atoms with E-state index in [-0.39, 0.29) is 16.5 Å². The monoisotopic (exact) mass is 538 g/mol. The number of ketones is 1. The minimum Gasteiger partial charge on any atom is -0.507 e. The molecule has 1 unspecified atom stereocenters. The van der Waals surface area contributed by atoms with Crippen LogP contribution < -0.4 is 4.90 Å². The number of aromatic nitrogens is 3. The number of anilines is 1. The average Bonchev–Trinajstić information content (AvgIpc) is 3.46. The zero-order valence-corrected chi connectivity index (χ0v) is 20.7. The van der Waals surface area contributed by atoms with Crippen LogP contribution in [0, 0.1) is 5.82 Å². The Balaban J connectivity index is 1.52. The second-order valence-corrected chi connectivity index (χ2v) is 10.3. The van der Waals surface area contributed by atoms with Gasteiger partial charge in [-0.15, -0.1) is 10.2 Å². The van der Waals surface area contributed by atoms with Crippen molar-refractivity contribution in [3.05, 3.63) is 106 Å². The first-order valence-electron chi connectivity index (χ1n) is 10.6. The van der Waals surface area contributed by atoms with Gasteiger partial charge in [0.1, 0.15) is 11.6 Å². The molecule has 1 aliphatic rings. The smallest absolute Gasteiger partial charge is 0.301 e. The maximum atomic E-state index is 13.7. The number of rotatable bonds is 6. The second-order valence-electron chi connectivity index (χ2n) is 7.72. The molecule has 1 amide bonds. The number of carbonyl (C=O) groups excluding carboxylic acids is 2. The van der Waals surface area contributed by atoms with Crippen molar-refractivity contribution >= 4 is 57.3 Å². The fourth-order valence-electron chi connectivity index (χ4n) is 3.74. The standard InChI is InChI=1S/C25H16ClFN4O3S2/c26-17-5-1-14(2-6-17)13-35-25-30-29-24(36-25)31-20(15-3-7-18(27)8-4-15)19(22(33)23(31)34)21(32)16-9-11-28-12-10-16/h1-12,20,32H,13H2/b21-19+. The van der Waals surface area contributed by atoms with E-state index in [1.807, 2.05) is 12.1 Å². The Morgan fingerprint density at radius 1 is 1.03 bits per heavy atom. The molecule has 0 saturated carbocycles. The Hall–Kier alpha value is -3.60. The van der Waals surface area contributed by atoms with Gasteiger partial charge in [-0.2, -0.15) is 0 Å². The summed E-state index contributed by atoms with van der Waals surface area (Å²) in [6.45, 7) is 0. The van der Waals surface area contributed by atoms with Crippen molar-refractivity contribution in [2.45, 2.75) is 16.1 Å². The zero-order chi connectivity index (χ0) is 25.2. The van der Waals surface area contributed by atoms with Gasteiger partial charge in [-0.3, -0.25) is 19.5 Å². The van der Waals surface area contributed by atoms with E-state index in [0.717, 1.165) is 16.9 Å². The summed E-state index contributed by atoms with van der Waals surface area (Å²) in [5.74, 6) is -1.95. The Morgan fingerprint density at radius 3 is 2.42 bits per heavy atom. The highest BCUT2D eigenvalue weighted by molar-refractivity contribution is 8.00. The van der Waals surface area contributed by atoms with Gasteiger partial charge in [0.2, 0.25) is 5.13 Å². The number of amides is 1. The average molecular weight is 539 g/mol. The van der Waals surface area contributed by atoms with Crippen molar-refractivity contribution in [1.82, 2.24) is 15.2 Å². The van der Waals surface area contributed by atoms with Crippen molar-refractivity contribution < 1.29 is 19.1 Å². The number of hydrogen-bond acceptors (Lipinski definition) is 8. The quantitative estimate of drug-likeness (QED) is 0.111. The fourth-order valence-corrected chi connectivity index (χ4v) is 5.69. The molecular weight excluding hydrogens is 523 g/mol. The van der Waals surface area contributed by atoms with Gasteiger partial charge in [-0.05, 0) is 47.5 Å². The zero-order valence-electron chi connectivity index (χ0n) is 18.3. The van der Waals surface area contributed by atoms with E-state index in [4.69, 9.17) is 11.6 Å². The van der Waals surface area contributed by atoms with Crippen LogP contribution in [0.5, 0.6) is 0 Å². The lowest BCUT2D eigenvalue weighted by Gasteiger charge is -2.22. The SMILES string of the molecule is O=C1C(=O)N(c2nnc(SCc3ccc(Cl)cc3)s2)C(c2ccc(F)cc2)/C1=C(\O)c1ccncc1. The largest absolute Gasteiger partial charge is 0.507 e. The van der Waals surface area contributed by atoms with Crippen LogP contribution in [0.15, 0.2) is 83.0 Å².